The van der Waals surface area contributed by atoms with E-state index in [1.165, 1.54) is 6.42 Å². The Morgan fingerprint density at radius 3 is 2.69 bits per heavy atom. The lowest BCUT2D eigenvalue weighted by atomic mass is 9.76. The van der Waals surface area contributed by atoms with Crippen LogP contribution in [0.15, 0.2) is 0 Å². The van der Waals surface area contributed by atoms with E-state index in [4.69, 9.17) is 4.74 Å². The smallest absolute Gasteiger partial charge is 0.309 e. The summed E-state index contributed by atoms with van der Waals surface area (Å²) < 4.78 is 5.52. The molecule has 0 aromatic heterocycles. The van der Waals surface area contributed by atoms with Crippen LogP contribution in [0.5, 0.6) is 0 Å². The van der Waals surface area contributed by atoms with E-state index < -0.39 is 0 Å². The van der Waals surface area contributed by atoms with Gasteiger partial charge in [0.05, 0.1) is 5.92 Å². The average molecular weight is 225 g/mol. The van der Waals surface area contributed by atoms with Crippen LogP contribution in [0.2, 0.25) is 0 Å². The van der Waals surface area contributed by atoms with E-state index in [0.29, 0.717) is 12.0 Å². The summed E-state index contributed by atoms with van der Waals surface area (Å²) in [5.41, 5.74) is -0.351. The Labute approximate surface area is 97.9 Å². The van der Waals surface area contributed by atoms with Crippen molar-refractivity contribution in [2.45, 2.75) is 58.1 Å². The van der Waals surface area contributed by atoms with Gasteiger partial charge in [-0.15, -0.1) is 0 Å². The minimum Gasteiger partial charge on any atom is -0.460 e. The molecule has 1 N–H and O–H groups in total. The Morgan fingerprint density at radius 1 is 1.25 bits per heavy atom. The number of carbonyl (C=O) groups is 1. The molecule has 2 rings (SSSR count). The van der Waals surface area contributed by atoms with Crippen LogP contribution in [0.4, 0.5) is 0 Å². The molecule has 16 heavy (non-hydrogen) atoms. The number of carbonyl (C=O) groups excluding carboxylic acids is 1. The topological polar surface area (TPSA) is 38.3 Å². The Morgan fingerprint density at radius 2 is 2.00 bits per heavy atom. The summed E-state index contributed by atoms with van der Waals surface area (Å²) in [6.45, 7) is 6.89. The van der Waals surface area contributed by atoms with Crippen LogP contribution in [0.3, 0.4) is 0 Å². The van der Waals surface area contributed by atoms with Gasteiger partial charge in [-0.2, -0.15) is 0 Å². The van der Waals surface area contributed by atoms with Gasteiger partial charge in [0.2, 0.25) is 0 Å². The molecule has 1 saturated carbocycles. The second-order valence-electron chi connectivity index (χ2n) is 6.08. The van der Waals surface area contributed by atoms with E-state index in [2.05, 4.69) is 5.32 Å². The highest BCUT2D eigenvalue weighted by molar-refractivity contribution is 5.73. The minimum atomic E-state index is -0.351. The van der Waals surface area contributed by atoms with Gasteiger partial charge in [-0.1, -0.05) is 6.42 Å². The molecule has 0 bridgehead atoms. The third-order valence-corrected chi connectivity index (χ3v) is 3.66. The van der Waals surface area contributed by atoms with Gasteiger partial charge in [0.25, 0.3) is 0 Å². The van der Waals surface area contributed by atoms with Crippen molar-refractivity contribution in [1.82, 2.24) is 5.32 Å². The van der Waals surface area contributed by atoms with Crippen molar-refractivity contribution >= 4 is 5.97 Å². The van der Waals surface area contributed by atoms with Crippen molar-refractivity contribution in [2.75, 3.05) is 6.54 Å². The second kappa shape index (κ2) is 4.36. The average Bonchev–Trinajstić information content (AvgIpc) is 2.61. The molecule has 3 nitrogen and oxygen atoms in total. The summed E-state index contributed by atoms with van der Waals surface area (Å²) >= 11 is 0. The molecule has 3 heteroatoms. The van der Waals surface area contributed by atoms with E-state index in [0.717, 1.165) is 25.8 Å². The van der Waals surface area contributed by atoms with Crippen molar-refractivity contribution in [1.29, 1.82) is 0 Å². The lowest BCUT2D eigenvalue weighted by Crippen LogP contribution is -2.40. The molecule has 0 aromatic carbocycles. The monoisotopic (exact) mass is 225 g/mol. The molecule has 0 radical (unpaired) electrons. The number of rotatable bonds is 1. The molecular formula is C13H23NO2. The zero-order chi connectivity index (χ0) is 11.8. The fraction of sp³-hybridized carbons (Fsp3) is 0.923. The van der Waals surface area contributed by atoms with Crippen LogP contribution in [0.1, 0.15) is 46.5 Å². The molecule has 2 fully saturated rings. The van der Waals surface area contributed by atoms with Crippen molar-refractivity contribution < 1.29 is 9.53 Å². The van der Waals surface area contributed by atoms with Crippen molar-refractivity contribution in [2.24, 2.45) is 11.8 Å². The Balaban J connectivity index is 2.00. The Hall–Kier alpha value is -0.570. The van der Waals surface area contributed by atoms with E-state index in [1.54, 1.807) is 0 Å². The molecule has 92 valence electrons. The molecule has 0 spiro atoms. The van der Waals surface area contributed by atoms with Crippen LogP contribution in [0, 0.1) is 11.8 Å². The summed E-state index contributed by atoms with van der Waals surface area (Å²) in [6.07, 6.45) is 4.52. The van der Waals surface area contributed by atoms with E-state index >= 15 is 0 Å². The summed E-state index contributed by atoms with van der Waals surface area (Å²) in [5, 5.41) is 3.50. The number of esters is 1. The summed E-state index contributed by atoms with van der Waals surface area (Å²) in [5.74, 6) is 0.669. The van der Waals surface area contributed by atoms with E-state index in [-0.39, 0.29) is 17.5 Å². The van der Waals surface area contributed by atoms with E-state index in [1.807, 2.05) is 20.8 Å². The summed E-state index contributed by atoms with van der Waals surface area (Å²) in [4.78, 5) is 12.1. The first-order chi connectivity index (χ1) is 7.47. The van der Waals surface area contributed by atoms with Gasteiger partial charge >= 0.3 is 5.97 Å². The van der Waals surface area contributed by atoms with Crippen LogP contribution < -0.4 is 5.32 Å². The minimum absolute atomic E-state index is 0.0194. The van der Waals surface area contributed by atoms with E-state index in [9.17, 15) is 4.79 Å². The van der Waals surface area contributed by atoms with Crippen LogP contribution >= 0.6 is 0 Å². The molecule has 1 aliphatic heterocycles. The number of hydrogen-bond donors (Lipinski definition) is 1. The standard InChI is InChI=1S/C13H23NO2/c1-13(2,3)16-12(15)10-5-4-6-11-9(10)7-8-14-11/h9-11,14H,4-8H2,1-3H3/t9-,10+,11+/m0/s1. The van der Waals surface area contributed by atoms with Gasteiger partial charge in [-0.25, -0.2) is 0 Å². The lowest BCUT2D eigenvalue weighted by molar-refractivity contribution is -0.163. The fourth-order valence-electron chi connectivity index (χ4n) is 3.03. The van der Waals surface area contributed by atoms with Gasteiger partial charge in [-0.3, -0.25) is 4.79 Å². The molecule has 1 heterocycles. The van der Waals surface area contributed by atoms with Crippen molar-refractivity contribution in [3.63, 3.8) is 0 Å². The quantitative estimate of drug-likeness (QED) is 0.695. The molecule has 0 unspecified atom stereocenters. The highest BCUT2D eigenvalue weighted by atomic mass is 16.6. The van der Waals surface area contributed by atoms with Gasteiger partial charge in [0, 0.05) is 6.04 Å². The Kier molecular flexibility index (Phi) is 3.24. The predicted octanol–water partition coefficient (Wildman–Crippen LogP) is 2.11. The highest BCUT2D eigenvalue weighted by Gasteiger charge is 2.41. The number of nitrogens with one attached hydrogen (secondary N) is 1. The Bertz CT molecular complexity index is 270. The zero-order valence-corrected chi connectivity index (χ0v) is 10.6. The van der Waals surface area contributed by atoms with Crippen molar-refractivity contribution in [3.8, 4) is 0 Å². The third kappa shape index (κ3) is 2.57. The second-order valence-corrected chi connectivity index (χ2v) is 6.08. The first kappa shape index (κ1) is 11.9. The first-order valence-corrected chi connectivity index (χ1v) is 6.43. The fourth-order valence-corrected chi connectivity index (χ4v) is 3.03. The summed E-state index contributed by atoms with van der Waals surface area (Å²) in [7, 11) is 0. The molecule has 1 saturated heterocycles. The van der Waals surface area contributed by atoms with Gasteiger partial charge in [-0.05, 0) is 52.5 Å². The molecule has 1 aliphatic carbocycles. The SMILES string of the molecule is CC(C)(C)OC(=O)[C@@H]1CCC[C@H]2NCC[C@H]21. The highest BCUT2D eigenvalue weighted by Crippen LogP contribution is 2.36. The molecule has 2 aliphatic rings. The molecular weight excluding hydrogens is 202 g/mol. The lowest BCUT2D eigenvalue weighted by Gasteiger charge is -2.33. The molecule has 3 atom stereocenters. The number of ether oxygens (including phenoxy) is 1. The number of hydrogen-bond acceptors (Lipinski definition) is 3. The maximum atomic E-state index is 12.1. The predicted molar refractivity (Wildman–Crippen MR) is 63.1 cm³/mol. The third-order valence-electron chi connectivity index (χ3n) is 3.66. The van der Waals surface area contributed by atoms with Gasteiger partial charge in [0.15, 0.2) is 0 Å². The van der Waals surface area contributed by atoms with Crippen LogP contribution in [-0.4, -0.2) is 24.2 Å². The molecule has 0 aromatic rings. The van der Waals surface area contributed by atoms with Gasteiger partial charge < -0.3 is 10.1 Å². The largest absolute Gasteiger partial charge is 0.460 e. The zero-order valence-electron chi connectivity index (χ0n) is 10.6. The molecule has 0 amide bonds. The maximum Gasteiger partial charge on any atom is 0.309 e. The van der Waals surface area contributed by atoms with Gasteiger partial charge in [0.1, 0.15) is 5.60 Å². The maximum absolute atomic E-state index is 12.1. The summed E-state index contributed by atoms with van der Waals surface area (Å²) in [6, 6.07) is 0.561. The number of fused-ring (bicyclic) bond motifs is 1. The van der Waals surface area contributed by atoms with Crippen LogP contribution in [-0.2, 0) is 9.53 Å². The normalized spacial score (nSPS) is 34.6. The van der Waals surface area contributed by atoms with Crippen molar-refractivity contribution in [3.05, 3.63) is 0 Å². The first-order valence-electron chi connectivity index (χ1n) is 6.43. The van der Waals surface area contributed by atoms with Crippen LogP contribution in [0.25, 0.3) is 0 Å².